The van der Waals surface area contributed by atoms with Crippen LogP contribution >= 0.6 is 23.2 Å². The summed E-state index contributed by atoms with van der Waals surface area (Å²) in [6.45, 7) is 4.44. The van der Waals surface area contributed by atoms with Crippen LogP contribution in [0.15, 0.2) is 48.5 Å². The Morgan fingerprint density at radius 2 is 1.52 bits per heavy atom. The summed E-state index contributed by atoms with van der Waals surface area (Å²) in [5.41, 5.74) is 1.76. The summed E-state index contributed by atoms with van der Waals surface area (Å²) < 4.78 is 0. The Balaban J connectivity index is 1.41. The van der Waals surface area contributed by atoms with Crippen LogP contribution < -0.4 is 5.32 Å². The lowest BCUT2D eigenvalue weighted by Gasteiger charge is -2.22. The Bertz CT molecular complexity index is 825. The molecule has 3 rings (SSSR count). The van der Waals surface area contributed by atoms with E-state index < -0.39 is 0 Å². The molecule has 1 saturated heterocycles. The van der Waals surface area contributed by atoms with Gasteiger partial charge in [-0.15, -0.1) is 0 Å². The van der Waals surface area contributed by atoms with Crippen LogP contribution in [-0.4, -0.2) is 54.3 Å². The predicted octanol–water partition coefficient (Wildman–Crippen LogP) is 3.85. The van der Waals surface area contributed by atoms with Crippen molar-refractivity contribution in [2.45, 2.75) is 19.4 Å². The van der Waals surface area contributed by atoms with Crippen molar-refractivity contribution in [3.05, 3.63) is 69.7 Å². The Morgan fingerprint density at radius 3 is 2.21 bits per heavy atom. The van der Waals surface area contributed by atoms with Gasteiger partial charge in [0.2, 0.25) is 5.91 Å². The Kier molecular flexibility index (Phi) is 7.92. The minimum Gasteiger partial charge on any atom is -0.352 e. The standard InChI is InChI=1S/C22H25Cl2N3O2/c23-19-6-2-17(3-7-19)16-26-12-1-13-27(15-14-26)21(28)10-11-25-22(29)18-4-8-20(24)9-5-18/h2-9H,1,10-16H2,(H,25,29). The van der Waals surface area contributed by atoms with Crippen molar-refractivity contribution in [2.75, 3.05) is 32.7 Å². The molecule has 0 aromatic heterocycles. The van der Waals surface area contributed by atoms with E-state index in [1.54, 1.807) is 24.3 Å². The summed E-state index contributed by atoms with van der Waals surface area (Å²) in [6, 6.07) is 14.6. The SMILES string of the molecule is O=C(NCCC(=O)N1CCCN(Cc2ccc(Cl)cc2)CC1)c1ccc(Cl)cc1. The first-order valence-corrected chi connectivity index (χ1v) is 10.6. The van der Waals surface area contributed by atoms with Crippen LogP contribution in [0.5, 0.6) is 0 Å². The second-order valence-electron chi connectivity index (χ2n) is 7.15. The van der Waals surface area contributed by atoms with Crippen molar-refractivity contribution < 1.29 is 9.59 Å². The van der Waals surface area contributed by atoms with Crippen LogP contribution in [0, 0.1) is 0 Å². The number of nitrogens with one attached hydrogen (secondary N) is 1. The van der Waals surface area contributed by atoms with Crippen LogP contribution in [0.3, 0.4) is 0 Å². The molecule has 1 aliphatic rings. The molecule has 1 N–H and O–H groups in total. The highest BCUT2D eigenvalue weighted by molar-refractivity contribution is 6.30. The Hall–Kier alpha value is -2.08. The lowest BCUT2D eigenvalue weighted by atomic mass is 10.2. The normalized spacial score (nSPS) is 15.0. The fraction of sp³-hybridized carbons (Fsp3) is 0.364. The smallest absolute Gasteiger partial charge is 0.251 e. The molecule has 0 aliphatic carbocycles. The average molecular weight is 434 g/mol. The molecular formula is C22H25Cl2N3O2. The molecule has 29 heavy (non-hydrogen) atoms. The average Bonchev–Trinajstić information content (AvgIpc) is 2.96. The fourth-order valence-electron chi connectivity index (χ4n) is 3.37. The number of benzene rings is 2. The highest BCUT2D eigenvalue weighted by atomic mass is 35.5. The number of nitrogens with zero attached hydrogens (tertiary/aromatic N) is 2. The van der Waals surface area contributed by atoms with Gasteiger partial charge in [-0.1, -0.05) is 35.3 Å². The zero-order valence-corrected chi connectivity index (χ0v) is 17.8. The Labute approximate surface area is 181 Å². The Morgan fingerprint density at radius 1 is 0.862 bits per heavy atom. The van der Waals surface area contributed by atoms with E-state index in [2.05, 4.69) is 10.2 Å². The summed E-state index contributed by atoms with van der Waals surface area (Å²) in [5, 5.41) is 4.13. The lowest BCUT2D eigenvalue weighted by molar-refractivity contribution is -0.130. The molecule has 2 amide bonds. The molecule has 2 aromatic rings. The molecule has 1 heterocycles. The largest absolute Gasteiger partial charge is 0.352 e. The molecule has 2 aromatic carbocycles. The van der Waals surface area contributed by atoms with Crippen molar-refractivity contribution in [1.29, 1.82) is 0 Å². The number of amides is 2. The van der Waals surface area contributed by atoms with Crippen molar-refractivity contribution in [2.24, 2.45) is 0 Å². The van der Waals surface area contributed by atoms with Gasteiger partial charge in [0.05, 0.1) is 0 Å². The van der Waals surface area contributed by atoms with Crippen molar-refractivity contribution in [1.82, 2.24) is 15.1 Å². The molecule has 1 aliphatic heterocycles. The second-order valence-corrected chi connectivity index (χ2v) is 8.02. The highest BCUT2D eigenvalue weighted by Crippen LogP contribution is 2.13. The van der Waals surface area contributed by atoms with Gasteiger partial charge < -0.3 is 10.2 Å². The van der Waals surface area contributed by atoms with Gasteiger partial charge in [-0.05, 0) is 48.4 Å². The van der Waals surface area contributed by atoms with E-state index in [0.717, 1.165) is 37.6 Å². The molecule has 0 saturated carbocycles. The van der Waals surface area contributed by atoms with Gasteiger partial charge in [0.15, 0.2) is 0 Å². The summed E-state index contributed by atoms with van der Waals surface area (Å²) in [4.78, 5) is 28.9. The topological polar surface area (TPSA) is 52.7 Å². The van der Waals surface area contributed by atoms with Crippen molar-refractivity contribution in [3.8, 4) is 0 Å². The monoisotopic (exact) mass is 433 g/mol. The zero-order chi connectivity index (χ0) is 20.6. The predicted molar refractivity (Wildman–Crippen MR) is 116 cm³/mol. The number of rotatable bonds is 6. The first-order chi connectivity index (χ1) is 14.0. The fourth-order valence-corrected chi connectivity index (χ4v) is 3.62. The molecule has 0 atom stereocenters. The van der Waals surface area contributed by atoms with E-state index in [-0.39, 0.29) is 11.8 Å². The van der Waals surface area contributed by atoms with Gasteiger partial charge >= 0.3 is 0 Å². The number of hydrogen-bond donors (Lipinski definition) is 1. The second kappa shape index (κ2) is 10.6. The van der Waals surface area contributed by atoms with Gasteiger partial charge in [-0.3, -0.25) is 14.5 Å². The highest BCUT2D eigenvalue weighted by Gasteiger charge is 2.19. The molecular weight excluding hydrogens is 409 g/mol. The van der Waals surface area contributed by atoms with E-state index in [9.17, 15) is 9.59 Å². The van der Waals surface area contributed by atoms with Crippen molar-refractivity contribution >= 4 is 35.0 Å². The van der Waals surface area contributed by atoms with Crippen LogP contribution in [0.2, 0.25) is 10.0 Å². The summed E-state index contributed by atoms with van der Waals surface area (Å²) in [5.74, 6) is -0.116. The van der Waals surface area contributed by atoms with Crippen molar-refractivity contribution in [3.63, 3.8) is 0 Å². The third-order valence-electron chi connectivity index (χ3n) is 4.99. The maximum absolute atomic E-state index is 12.5. The minimum atomic E-state index is -0.195. The van der Waals surface area contributed by atoms with Gasteiger partial charge in [-0.25, -0.2) is 0 Å². The molecule has 0 radical (unpaired) electrons. The molecule has 0 unspecified atom stereocenters. The van der Waals surface area contributed by atoms with Crippen LogP contribution in [0.1, 0.15) is 28.8 Å². The van der Waals surface area contributed by atoms with E-state index in [4.69, 9.17) is 23.2 Å². The van der Waals surface area contributed by atoms with Crippen LogP contribution in [0.25, 0.3) is 0 Å². The zero-order valence-electron chi connectivity index (χ0n) is 16.2. The lowest BCUT2D eigenvalue weighted by Crippen LogP contribution is -2.37. The number of hydrogen-bond acceptors (Lipinski definition) is 3. The van der Waals surface area contributed by atoms with E-state index >= 15 is 0 Å². The maximum Gasteiger partial charge on any atom is 0.251 e. The van der Waals surface area contributed by atoms with Crippen LogP contribution in [0.4, 0.5) is 0 Å². The first-order valence-electron chi connectivity index (χ1n) is 9.79. The molecule has 154 valence electrons. The maximum atomic E-state index is 12.5. The molecule has 0 bridgehead atoms. The quantitative estimate of drug-likeness (QED) is 0.752. The minimum absolute atomic E-state index is 0.0785. The summed E-state index contributed by atoms with van der Waals surface area (Å²) >= 11 is 11.8. The molecule has 5 nitrogen and oxygen atoms in total. The molecule has 1 fully saturated rings. The summed E-state index contributed by atoms with van der Waals surface area (Å²) in [7, 11) is 0. The number of halogens is 2. The molecule has 0 spiro atoms. The van der Waals surface area contributed by atoms with E-state index in [1.807, 2.05) is 29.2 Å². The summed E-state index contributed by atoms with van der Waals surface area (Å²) in [6.07, 6.45) is 1.24. The molecule has 7 heteroatoms. The van der Waals surface area contributed by atoms with E-state index in [0.29, 0.717) is 30.1 Å². The number of carbonyl (C=O) groups excluding carboxylic acids is 2. The van der Waals surface area contributed by atoms with E-state index in [1.165, 1.54) is 5.56 Å². The van der Waals surface area contributed by atoms with Gasteiger partial charge in [0.1, 0.15) is 0 Å². The van der Waals surface area contributed by atoms with Gasteiger partial charge in [-0.2, -0.15) is 0 Å². The third kappa shape index (κ3) is 6.74. The number of carbonyl (C=O) groups is 2. The van der Waals surface area contributed by atoms with Gasteiger partial charge in [0, 0.05) is 61.3 Å². The van der Waals surface area contributed by atoms with Gasteiger partial charge in [0.25, 0.3) is 5.91 Å². The first kappa shape index (κ1) is 21.6. The third-order valence-corrected chi connectivity index (χ3v) is 5.50. The van der Waals surface area contributed by atoms with Crippen LogP contribution in [-0.2, 0) is 11.3 Å².